The molecular weight excluding hydrogens is 282 g/mol. The molecule has 5 heteroatoms. The maximum Gasteiger partial charge on any atom is 0.165 e. The molecule has 0 aliphatic carbocycles. The number of aromatic nitrogens is 3. The highest BCUT2D eigenvalue weighted by Gasteiger charge is 2.22. The Balaban J connectivity index is 2.11. The van der Waals surface area contributed by atoms with Crippen LogP contribution >= 0.6 is 15.9 Å². The summed E-state index contributed by atoms with van der Waals surface area (Å²) in [5.41, 5.74) is 1.01. The summed E-state index contributed by atoms with van der Waals surface area (Å²) in [6.45, 7) is 0.582. The zero-order valence-electron chi connectivity index (χ0n) is 9.17. The molecular formula is C12H12BrN3O. The molecule has 0 radical (unpaired) electrons. The third kappa shape index (κ3) is 1.89. The Bertz CT molecular complexity index is 552. The van der Waals surface area contributed by atoms with Crippen molar-refractivity contribution in [1.82, 2.24) is 14.8 Å². The smallest absolute Gasteiger partial charge is 0.165 e. The van der Waals surface area contributed by atoms with Gasteiger partial charge in [0.1, 0.15) is 5.82 Å². The van der Waals surface area contributed by atoms with Gasteiger partial charge in [0.05, 0.1) is 12.6 Å². The van der Waals surface area contributed by atoms with Gasteiger partial charge in [0.15, 0.2) is 5.82 Å². The highest BCUT2D eigenvalue weighted by atomic mass is 79.9. The van der Waals surface area contributed by atoms with Crippen LogP contribution in [0.2, 0.25) is 0 Å². The van der Waals surface area contributed by atoms with Crippen LogP contribution in [0.5, 0.6) is 0 Å². The Kier molecular flexibility index (Phi) is 2.72. The molecule has 17 heavy (non-hydrogen) atoms. The van der Waals surface area contributed by atoms with Gasteiger partial charge in [-0.05, 0) is 12.5 Å². The van der Waals surface area contributed by atoms with Gasteiger partial charge in [0.2, 0.25) is 0 Å². The van der Waals surface area contributed by atoms with Gasteiger partial charge in [0.25, 0.3) is 0 Å². The van der Waals surface area contributed by atoms with Crippen molar-refractivity contribution in [3.05, 3.63) is 34.6 Å². The molecule has 0 saturated heterocycles. The standard InChI is InChI=1S/C12H12BrN3O/c13-10-4-2-1-3-9(10)12-15-14-11-6-5-8(17)7-16(11)12/h1-4,8,17H,5-7H2. The van der Waals surface area contributed by atoms with Crippen molar-refractivity contribution in [2.45, 2.75) is 25.5 Å². The first-order chi connectivity index (χ1) is 8.25. The number of nitrogens with zero attached hydrogens (tertiary/aromatic N) is 3. The van der Waals surface area contributed by atoms with E-state index in [1.165, 1.54) is 0 Å². The summed E-state index contributed by atoms with van der Waals surface area (Å²) in [7, 11) is 0. The van der Waals surface area contributed by atoms with Gasteiger partial charge in [-0.25, -0.2) is 0 Å². The molecule has 1 atom stereocenters. The van der Waals surface area contributed by atoms with E-state index in [9.17, 15) is 5.11 Å². The van der Waals surface area contributed by atoms with Crippen molar-refractivity contribution in [2.75, 3.05) is 0 Å². The van der Waals surface area contributed by atoms with Crippen molar-refractivity contribution >= 4 is 15.9 Å². The minimum absolute atomic E-state index is 0.292. The quantitative estimate of drug-likeness (QED) is 0.875. The van der Waals surface area contributed by atoms with Crippen LogP contribution in [-0.2, 0) is 13.0 Å². The molecule has 1 unspecified atom stereocenters. The lowest BCUT2D eigenvalue weighted by molar-refractivity contribution is 0.131. The van der Waals surface area contributed by atoms with Crippen molar-refractivity contribution in [1.29, 1.82) is 0 Å². The monoisotopic (exact) mass is 293 g/mol. The van der Waals surface area contributed by atoms with E-state index in [1.807, 2.05) is 28.8 Å². The van der Waals surface area contributed by atoms with Gasteiger partial charge in [-0.2, -0.15) is 0 Å². The third-order valence-corrected chi connectivity index (χ3v) is 3.73. The number of hydrogen-bond acceptors (Lipinski definition) is 3. The summed E-state index contributed by atoms with van der Waals surface area (Å²) in [6, 6.07) is 7.93. The summed E-state index contributed by atoms with van der Waals surface area (Å²) in [5.74, 6) is 1.78. The van der Waals surface area contributed by atoms with Gasteiger partial charge in [0, 0.05) is 16.5 Å². The van der Waals surface area contributed by atoms with E-state index in [0.717, 1.165) is 34.5 Å². The van der Waals surface area contributed by atoms with Crippen molar-refractivity contribution in [3.8, 4) is 11.4 Å². The normalized spacial score (nSPS) is 19.1. The minimum Gasteiger partial charge on any atom is -0.391 e. The number of halogens is 1. The minimum atomic E-state index is -0.292. The van der Waals surface area contributed by atoms with E-state index in [-0.39, 0.29) is 6.10 Å². The number of benzene rings is 1. The zero-order chi connectivity index (χ0) is 11.8. The topological polar surface area (TPSA) is 50.9 Å². The van der Waals surface area contributed by atoms with Crippen molar-refractivity contribution < 1.29 is 5.11 Å². The highest BCUT2D eigenvalue weighted by Crippen LogP contribution is 2.28. The predicted octanol–water partition coefficient (Wildman–Crippen LogP) is 2.01. The maximum absolute atomic E-state index is 9.73. The van der Waals surface area contributed by atoms with E-state index in [2.05, 4.69) is 26.1 Å². The Labute approximate surface area is 107 Å². The number of rotatable bonds is 1. The van der Waals surface area contributed by atoms with Gasteiger partial charge < -0.3 is 9.67 Å². The van der Waals surface area contributed by atoms with Gasteiger partial charge >= 0.3 is 0 Å². The molecule has 2 heterocycles. The van der Waals surface area contributed by atoms with E-state index < -0.39 is 0 Å². The van der Waals surface area contributed by atoms with Crippen LogP contribution in [0.4, 0.5) is 0 Å². The first kappa shape index (κ1) is 10.9. The van der Waals surface area contributed by atoms with Crippen LogP contribution in [-0.4, -0.2) is 26.0 Å². The number of aliphatic hydroxyl groups excluding tert-OH is 1. The Morgan fingerprint density at radius 2 is 2.12 bits per heavy atom. The molecule has 0 bridgehead atoms. The molecule has 2 aromatic rings. The fourth-order valence-corrected chi connectivity index (χ4v) is 2.61. The van der Waals surface area contributed by atoms with E-state index in [1.54, 1.807) is 0 Å². The molecule has 1 N–H and O–H groups in total. The molecule has 3 rings (SSSR count). The van der Waals surface area contributed by atoms with Crippen molar-refractivity contribution in [3.63, 3.8) is 0 Å². The van der Waals surface area contributed by atoms with Gasteiger partial charge in [-0.15, -0.1) is 10.2 Å². The summed E-state index contributed by atoms with van der Waals surface area (Å²) in [6.07, 6.45) is 1.27. The summed E-state index contributed by atoms with van der Waals surface area (Å²) in [5, 5.41) is 18.2. The molecule has 88 valence electrons. The molecule has 0 fully saturated rings. The average Bonchev–Trinajstić information content (AvgIpc) is 2.72. The number of hydrogen-bond donors (Lipinski definition) is 1. The molecule has 1 aliphatic heterocycles. The lowest BCUT2D eigenvalue weighted by Gasteiger charge is -2.20. The van der Waals surface area contributed by atoms with E-state index in [4.69, 9.17) is 0 Å². The summed E-state index contributed by atoms with van der Waals surface area (Å²) in [4.78, 5) is 0. The molecule has 0 spiro atoms. The molecule has 0 saturated carbocycles. The van der Waals surface area contributed by atoms with Crippen LogP contribution in [0.15, 0.2) is 28.7 Å². The lowest BCUT2D eigenvalue weighted by Crippen LogP contribution is -2.24. The largest absolute Gasteiger partial charge is 0.391 e. The van der Waals surface area contributed by atoms with Gasteiger partial charge in [-0.1, -0.05) is 34.1 Å². The number of aryl methyl sites for hydroxylation is 1. The summed E-state index contributed by atoms with van der Waals surface area (Å²) < 4.78 is 3.00. The highest BCUT2D eigenvalue weighted by molar-refractivity contribution is 9.10. The average molecular weight is 294 g/mol. The zero-order valence-corrected chi connectivity index (χ0v) is 10.8. The Morgan fingerprint density at radius 3 is 2.94 bits per heavy atom. The van der Waals surface area contributed by atoms with Crippen LogP contribution in [0.25, 0.3) is 11.4 Å². The van der Waals surface area contributed by atoms with E-state index in [0.29, 0.717) is 6.54 Å². The van der Waals surface area contributed by atoms with Crippen molar-refractivity contribution in [2.24, 2.45) is 0 Å². The van der Waals surface area contributed by atoms with E-state index >= 15 is 0 Å². The molecule has 1 aromatic heterocycles. The second-order valence-corrected chi connectivity index (χ2v) is 5.08. The predicted molar refractivity (Wildman–Crippen MR) is 67.5 cm³/mol. The lowest BCUT2D eigenvalue weighted by atomic mass is 10.1. The van der Waals surface area contributed by atoms with Gasteiger partial charge in [-0.3, -0.25) is 0 Å². The molecule has 0 amide bonds. The fourth-order valence-electron chi connectivity index (χ4n) is 2.15. The first-order valence-electron chi connectivity index (χ1n) is 5.61. The maximum atomic E-state index is 9.73. The Morgan fingerprint density at radius 1 is 1.29 bits per heavy atom. The number of fused-ring (bicyclic) bond motifs is 1. The third-order valence-electron chi connectivity index (χ3n) is 3.04. The fraction of sp³-hybridized carbons (Fsp3) is 0.333. The summed E-state index contributed by atoms with van der Waals surface area (Å²) >= 11 is 3.52. The van der Waals surface area contributed by atoms with Crippen LogP contribution in [0, 0.1) is 0 Å². The van der Waals surface area contributed by atoms with Crippen LogP contribution in [0.3, 0.4) is 0 Å². The first-order valence-corrected chi connectivity index (χ1v) is 6.40. The molecule has 4 nitrogen and oxygen atoms in total. The number of aliphatic hydroxyl groups is 1. The second kappa shape index (κ2) is 4.23. The molecule has 1 aliphatic rings. The van der Waals surface area contributed by atoms with Crippen LogP contribution in [0.1, 0.15) is 12.2 Å². The van der Waals surface area contributed by atoms with Crippen LogP contribution < -0.4 is 0 Å². The molecule has 1 aromatic carbocycles. The second-order valence-electron chi connectivity index (χ2n) is 4.22. The SMILES string of the molecule is OC1CCc2nnc(-c3ccccc3Br)n2C1. The Hall–Kier alpha value is -1.20.